The Hall–Kier alpha value is -6.56. The molecule has 0 aliphatic heterocycles. The average molecular weight is 723 g/mol. The Morgan fingerprint density at radius 2 is 1.46 bits per heavy atom. The Bertz CT molecular complexity index is 2700. The van der Waals surface area contributed by atoms with Crippen LogP contribution in [0.1, 0.15) is 77.5 Å². The Morgan fingerprint density at radius 3 is 2.21 bits per heavy atom. The summed E-state index contributed by atoms with van der Waals surface area (Å²) in [6, 6.07) is 26.6. The van der Waals surface area contributed by atoms with E-state index in [1.54, 1.807) is 0 Å². The standard InChI is InChI=1S/C54H46N2/c1-3-15-45(55-50-22-11-7-18-46(50)47-19-8-12-23-51(47)55)17-6-4-5-16-40-28-32-43(33-29-40)44-34-30-41(31-35-44)26-27-42-36-38-54(2,39-37-42)56-52-24-13-9-20-48(52)49-21-10-14-25-53(49)56/h3,5-6,9,11,13-17,19-20,22-38H,1,4,7,10,18,21,39H2,2H3/b16-5+,17-6-,27-26+,45-15+. The summed E-state index contributed by atoms with van der Waals surface area (Å²) < 4.78 is 4.89. The van der Waals surface area contributed by atoms with Gasteiger partial charge in [-0.2, -0.15) is 0 Å². The molecule has 0 N–H and O–H groups in total. The summed E-state index contributed by atoms with van der Waals surface area (Å²) in [5.41, 5.74) is 22.6. The van der Waals surface area contributed by atoms with Crippen LogP contribution in [0.5, 0.6) is 0 Å². The van der Waals surface area contributed by atoms with Crippen LogP contribution in [-0.2, 0) is 18.4 Å². The zero-order chi connectivity index (χ0) is 37.9. The summed E-state index contributed by atoms with van der Waals surface area (Å²) >= 11 is 0. The number of hydrogen-bond donors (Lipinski definition) is 0. The zero-order valence-electron chi connectivity index (χ0n) is 32.1. The van der Waals surface area contributed by atoms with E-state index in [-0.39, 0.29) is 5.54 Å². The molecule has 4 aliphatic carbocycles. The highest BCUT2D eigenvalue weighted by molar-refractivity contribution is 5.89. The second kappa shape index (κ2) is 15.3. The van der Waals surface area contributed by atoms with Gasteiger partial charge in [0.15, 0.2) is 0 Å². The van der Waals surface area contributed by atoms with Crippen molar-refractivity contribution in [1.29, 1.82) is 0 Å². The summed E-state index contributed by atoms with van der Waals surface area (Å²) in [5, 5.41) is 1.40. The van der Waals surface area contributed by atoms with E-state index in [0.29, 0.717) is 0 Å². The topological polar surface area (TPSA) is 9.86 Å². The Balaban J connectivity index is 0.819. The van der Waals surface area contributed by atoms with Gasteiger partial charge in [0.25, 0.3) is 0 Å². The van der Waals surface area contributed by atoms with Crippen molar-refractivity contribution in [2.24, 2.45) is 0 Å². The Kier molecular flexibility index (Phi) is 9.60. The van der Waals surface area contributed by atoms with Crippen molar-refractivity contribution < 1.29 is 0 Å². The number of aryl methyl sites for hydroxylation is 1. The van der Waals surface area contributed by atoms with Crippen LogP contribution in [0.2, 0.25) is 0 Å². The van der Waals surface area contributed by atoms with E-state index in [1.807, 2.05) is 12.2 Å². The summed E-state index contributed by atoms with van der Waals surface area (Å²) in [6.45, 7) is 6.36. The van der Waals surface area contributed by atoms with Gasteiger partial charge in [0.2, 0.25) is 0 Å². The fourth-order valence-electron chi connectivity index (χ4n) is 8.67. The third-order valence-electron chi connectivity index (χ3n) is 11.5. The first kappa shape index (κ1) is 35.2. The number of fused-ring (bicyclic) bond motifs is 6. The number of benzene rings is 3. The highest BCUT2D eigenvalue weighted by atomic mass is 15.1. The molecule has 5 aromatic rings. The maximum atomic E-state index is 3.99. The molecule has 3 aromatic carbocycles. The molecule has 2 aromatic heterocycles. The lowest BCUT2D eigenvalue weighted by molar-refractivity contribution is 0.420. The number of hydrogen-bond acceptors (Lipinski definition) is 0. The van der Waals surface area contributed by atoms with Crippen molar-refractivity contribution in [3.05, 3.63) is 208 Å². The van der Waals surface area contributed by atoms with Gasteiger partial charge in [0.1, 0.15) is 0 Å². The lowest BCUT2D eigenvalue weighted by atomic mass is 9.89. The van der Waals surface area contributed by atoms with E-state index in [0.717, 1.165) is 49.9 Å². The van der Waals surface area contributed by atoms with Crippen LogP contribution in [0, 0.1) is 0 Å². The smallest absolute Gasteiger partial charge is 0.0643 e. The second-order valence-corrected chi connectivity index (χ2v) is 15.2. The molecule has 1 unspecified atom stereocenters. The number of aromatic nitrogens is 2. The minimum absolute atomic E-state index is 0.0988. The minimum atomic E-state index is -0.0988. The van der Waals surface area contributed by atoms with Gasteiger partial charge in [-0.25, -0.2) is 0 Å². The lowest BCUT2D eigenvalue weighted by Crippen LogP contribution is -2.29. The van der Waals surface area contributed by atoms with Crippen LogP contribution < -0.4 is 0 Å². The van der Waals surface area contributed by atoms with Crippen LogP contribution in [0.15, 0.2) is 163 Å². The highest BCUT2D eigenvalue weighted by Crippen LogP contribution is 2.40. The van der Waals surface area contributed by atoms with E-state index < -0.39 is 0 Å². The summed E-state index contributed by atoms with van der Waals surface area (Å²) in [6.07, 6.45) is 43.7. The maximum absolute atomic E-state index is 3.99. The molecule has 0 saturated heterocycles. The zero-order valence-corrected chi connectivity index (χ0v) is 32.1. The van der Waals surface area contributed by atoms with Crippen LogP contribution in [0.4, 0.5) is 0 Å². The number of nitrogens with zero attached hydrogens (tertiary/aromatic N) is 2. The third-order valence-corrected chi connectivity index (χ3v) is 11.5. The molecule has 0 radical (unpaired) electrons. The molecule has 0 spiro atoms. The molecule has 2 heteroatoms. The normalized spacial score (nSPS) is 18.4. The molecular weight excluding hydrogens is 677 g/mol. The van der Waals surface area contributed by atoms with Crippen LogP contribution in [0.3, 0.4) is 0 Å². The van der Waals surface area contributed by atoms with E-state index in [2.05, 4.69) is 198 Å². The monoisotopic (exact) mass is 722 g/mol. The lowest BCUT2D eigenvalue weighted by Gasteiger charge is -2.33. The molecule has 0 amide bonds. The number of allylic oxidation sites excluding steroid dienone is 13. The largest absolute Gasteiger partial charge is 0.331 e. The van der Waals surface area contributed by atoms with E-state index in [9.17, 15) is 0 Å². The summed E-state index contributed by atoms with van der Waals surface area (Å²) in [4.78, 5) is 0. The average Bonchev–Trinajstić information content (AvgIpc) is 3.77. The predicted molar refractivity (Wildman–Crippen MR) is 241 cm³/mol. The van der Waals surface area contributed by atoms with Crippen LogP contribution >= 0.6 is 0 Å². The van der Waals surface area contributed by atoms with E-state index >= 15 is 0 Å². The van der Waals surface area contributed by atoms with Gasteiger partial charge < -0.3 is 9.13 Å². The predicted octanol–water partition coefficient (Wildman–Crippen LogP) is 13.8. The molecule has 0 saturated carbocycles. The highest BCUT2D eigenvalue weighted by Gasteiger charge is 2.30. The molecule has 4 aliphatic rings. The summed E-state index contributed by atoms with van der Waals surface area (Å²) in [7, 11) is 0. The van der Waals surface area contributed by atoms with Crippen molar-refractivity contribution in [2.75, 3.05) is 0 Å². The van der Waals surface area contributed by atoms with Crippen molar-refractivity contribution in [3.63, 3.8) is 0 Å². The van der Waals surface area contributed by atoms with Gasteiger partial charge in [0.05, 0.1) is 11.2 Å². The van der Waals surface area contributed by atoms with Crippen molar-refractivity contribution in [3.8, 4) is 11.1 Å². The number of rotatable bonds is 10. The van der Waals surface area contributed by atoms with Crippen molar-refractivity contribution in [1.82, 2.24) is 9.13 Å². The molecule has 9 rings (SSSR count). The number of para-hydroxylation sites is 1. The molecule has 2 nitrogen and oxygen atoms in total. The second-order valence-electron chi connectivity index (χ2n) is 15.2. The van der Waals surface area contributed by atoms with Gasteiger partial charge in [-0.3, -0.25) is 0 Å². The third kappa shape index (κ3) is 6.71. The van der Waals surface area contributed by atoms with Gasteiger partial charge in [0, 0.05) is 39.6 Å². The fourth-order valence-corrected chi connectivity index (χ4v) is 8.67. The van der Waals surface area contributed by atoms with Crippen LogP contribution in [-0.4, -0.2) is 9.13 Å². The summed E-state index contributed by atoms with van der Waals surface area (Å²) in [5.74, 6) is 0. The Labute approximate surface area is 331 Å². The molecule has 1 atom stereocenters. The van der Waals surface area contributed by atoms with E-state index in [4.69, 9.17) is 0 Å². The van der Waals surface area contributed by atoms with Gasteiger partial charge in [-0.15, -0.1) is 0 Å². The SMILES string of the molecule is C=C/C=C(\C=C/C/C=C/c1ccc(-c2ccc(/C=C/C3=CCC(C)(n4c5c(c6ccccc64)CCC=C5)C=C3)cc2)cc1)n1c2c(c3c1C=CCC3)C=C=C=C2. The first-order valence-corrected chi connectivity index (χ1v) is 19.9. The van der Waals surface area contributed by atoms with Crippen molar-refractivity contribution in [2.45, 2.75) is 51.0 Å². The molecule has 2 heterocycles. The quantitative estimate of drug-likeness (QED) is 0.0984. The van der Waals surface area contributed by atoms with Gasteiger partial charge in [-0.1, -0.05) is 152 Å². The Morgan fingerprint density at radius 1 is 0.750 bits per heavy atom. The van der Waals surface area contributed by atoms with Gasteiger partial charge >= 0.3 is 0 Å². The van der Waals surface area contributed by atoms with E-state index in [1.165, 1.54) is 66.8 Å². The molecule has 0 fully saturated rings. The fraction of sp³-hybridized carbons (Fsp3) is 0.148. The molecule has 0 bridgehead atoms. The maximum Gasteiger partial charge on any atom is 0.0643 e. The first-order chi connectivity index (χ1) is 27.6. The molecule has 56 heavy (non-hydrogen) atoms. The van der Waals surface area contributed by atoms with Crippen molar-refractivity contribution >= 4 is 53.1 Å². The first-order valence-electron chi connectivity index (χ1n) is 19.9. The van der Waals surface area contributed by atoms with Crippen LogP contribution in [0.25, 0.3) is 64.2 Å². The molecule has 272 valence electrons. The molecular formula is C54H46N2. The van der Waals surface area contributed by atoms with Gasteiger partial charge in [-0.05, 0) is 121 Å². The minimum Gasteiger partial charge on any atom is -0.331 e.